The predicted octanol–water partition coefficient (Wildman–Crippen LogP) is 4.10. The number of aliphatic imine (C=N–C) groups is 1. The lowest BCUT2D eigenvalue weighted by Crippen LogP contribution is -2.11. The van der Waals surface area contributed by atoms with E-state index in [1.54, 1.807) is 31.5 Å². The summed E-state index contributed by atoms with van der Waals surface area (Å²) in [6.45, 7) is 0. The Bertz CT molecular complexity index is 1020. The molecule has 5 nitrogen and oxygen atoms in total. The highest BCUT2D eigenvalue weighted by molar-refractivity contribution is 8.13. The van der Waals surface area contributed by atoms with Crippen LogP contribution in [0.15, 0.2) is 63.7 Å². The summed E-state index contributed by atoms with van der Waals surface area (Å²) in [6, 6.07) is 14.0. The largest absolute Gasteiger partial charge is 0.497 e. The van der Waals surface area contributed by atoms with E-state index in [9.17, 15) is 4.39 Å². The predicted molar refractivity (Wildman–Crippen MR) is 98.4 cm³/mol. The van der Waals surface area contributed by atoms with Crippen LogP contribution in [0.5, 0.6) is 5.75 Å². The molecule has 4 rings (SSSR count). The molecule has 0 saturated carbocycles. The highest BCUT2D eigenvalue weighted by Crippen LogP contribution is 2.29. The first-order valence-electron chi connectivity index (χ1n) is 7.52. The Kier molecular flexibility index (Phi) is 4.07. The van der Waals surface area contributed by atoms with Crippen molar-refractivity contribution < 1.29 is 9.13 Å². The van der Waals surface area contributed by atoms with Gasteiger partial charge in [-0.25, -0.2) is 14.4 Å². The van der Waals surface area contributed by atoms with Crippen molar-refractivity contribution in [2.24, 2.45) is 10.1 Å². The SMILES string of the molecule is COc1ccc2nc3c(cc2c1)C=NNC(=Nc1ccccc1F)S3. The summed E-state index contributed by atoms with van der Waals surface area (Å²) in [5, 5.41) is 6.32. The normalized spacial score (nSPS) is 14.9. The number of nitrogens with one attached hydrogen (secondary N) is 1. The van der Waals surface area contributed by atoms with Crippen molar-refractivity contribution in [1.29, 1.82) is 0 Å². The van der Waals surface area contributed by atoms with Gasteiger partial charge in [0.15, 0.2) is 5.17 Å². The van der Waals surface area contributed by atoms with E-state index in [0.29, 0.717) is 5.17 Å². The number of para-hydroxylation sites is 1. The van der Waals surface area contributed by atoms with Crippen molar-refractivity contribution in [2.75, 3.05) is 7.11 Å². The minimum absolute atomic E-state index is 0.252. The number of rotatable bonds is 2. The molecule has 0 saturated heterocycles. The van der Waals surface area contributed by atoms with Gasteiger partial charge in [-0.1, -0.05) is 12.1 Å². The fourth-order valence-corrected chi connectivity index (χ4v) is 3.22. The number of thioether (sulfide) groups is 1. The number of aromatic nitrogens is 1. The van der Waals surface area contributed by atoms with Crippen molar-refractivity contribution in [1.82, 2.24) is 10.4 Å². The standard InChI is InChI=1S/C18H13FN4OS/c1-24-13-6-7-15-11(9-13)8-12-10-20-23-18(25-17(12)21-15)22-16-5-3-2-4-14(16)19/h2-10H,1H3,(H,22,23). The second-order valence-corrected chi connectivity index (χ2v) is 6.26. The molecule has 0 atom stereocenters. The lowest BCUT2D eigenvalue weighted by molar-refractivity contribution is 0.415. The minimum atomic E-state index is -0.385. The first-order chi connectivity index (χ1) is 12.2. The monoisotopic (exact) mass is 352 g/mol. The van der Waals surface area contributed by atoms with Gasteiger partial charge in [-0.3, -0.25) is 5.43 Å². The van der Waals surface area contributed by atoms with Gasteiger partial charge in [0, 0.05) is 10.9 Å². The molecule has 7 heteroatoms. The number of hydrogen-bond donors (Lipinski definition) is 1. The highest BCUT2D eigenvalue weighted by Gasteiger charge is 2.14. The lowest BCUT2D eigenvalue weighted by Gasteiger charge is -2.07. The van der Waals surface area contributed by atoms with Crippen LogP contribution in [0.3, 0.4) is 0 Å². The molecular formula is C18H13FN4OS. The van der Waals surface area contributed by atoms with Crippen LogP contribution >= 0.6 is 11.8 Å². The van der Waals surface area contributed by atoms with Gasteiger partial charge >= 0.3 is 0 Å². The molecule has 0 aliphatic carbocycles. The summed E-state index contributed by atoms with van der Waals surface area (Å²) in [5.41, 5.74) is 4.78. The number of ether oxygens (including phenoxy) is 1. The average molecular weight is 352 g/mol. The van der Waals surface area contributed by atoms with Crippen LogP contribution in [-0.4, -0.2) is 23.5 Å². The van der Waals surface area contributed by atoms with E-state index in [-0.39, 0.29) is 11.5 Å². The number of halogens is 1. The van der Waals surface area contributed by atoms with Gasteiger partial charge < -0.3 is 4.74 Å². The summed E-state index contributed by atoms with van der Waals surface area (Å²) >= 11 is 1.31. The average Bonchev–Trinajstić information content (AvgIpc) is 2.82. The lowest BCUT2D eigenvalue weighted by atomic mass is 10.1. The third-order valence-corrected chi connectivity index (χ3v) is 4.54. The van der Waals surface area contributed by atoms with Crippen LogP contribution in [-0.2, 0) is 0 Å². The van der Waals surface area contributed by atoms with E-state index in [0.717, 1.165) is 27.2 Å². The molecule has 0 bridgehead atoms. The molecule has 1 N–H and O–H groups in total. The van der Waals surface area contributed by atoms with Gasteiger partial charge in [-0.05, 0) is 48.2 Å². The number of pyridine rings is 1. The summed E-state index contributed by atoms with van der Waals surface area (Å²) < 4.78 is 19.1. The van der Waals surface area contributed by atoms with Crippen molar-refractivity contribution in [3.63, 3.8) is 0 Å². The molecule has 124 valence electrons. The molecular weight excluding hydrogens is 339 g/mol. The molecule has 1 aliphatic rings. The van der Waals surface area contributed by atoms with Gasteiger partial charge in [-0.15, -0.1) is 0 Å². The van der Waals surface area contributed by atoms with Gasteiger partial charge in [-0.2, -0.15) is 5.10 Å². The second-order valence-electron chi connectivity index (χ2n) is 5.28. The van der Waals surface area contributed by atoms with E-state index in [1.165, 1.54) is 17.8 Å². The Labute approximate surface area is 147 Å². The molecule has 2 aromatic carbocycles. The zero-order valence-electron chi connectivity index (χ0n) is 13.2. The van der Waals surface area contributed by atoms with Crippen molar-refractivity contribution >= 4 is 39.7 Å². The first kappa shape index (κ1) is 15.6. The smallest absolute Gasteiger partial charge is 0.188 e. The van der Waals surface area contributed by atoms with Crippen LogP contribution in [0, 0.1) is 5.82 Å². The molecule has 1 aliphatic heterocycles. The van der Waals surface area contributed by atoms with Crippen LogP contribution in [0.4, 0.5) is 10.1 Å². The van der Waals surface area contributed by atoms with Gasteiger partial charge in [0.05, 0.1) is 18.8 Å². The molecule has 3 aromatic rings. The van der Waals surface area contributed by atoms with Gasteiger partial charge in [0.25, 0.3) is 0 Å². The molecule has 1 aromatic heterocycles. The maximum atomic E-state index is 13.8. The van der Waals surface area contributed by atoms with Crippen LogP contribution in [0.25, 0.3) is 10.9 Å². The molecule has 0 spiro atoms. The topological polar surface area (TPSA) is 58.9 Å². The van der Waals surface area contributed by atoms with Gasteiger partial charge in [0.2, 0.25) is 0 Å². The Morgan fingerprint density at radius 1 is 1.16 bits per heavy atom. The maximum absolute atomic E-state index is 13.8. The summed E-state index contributed by atoms with van der Waals surface area (Å²) in [7, 11) is 1.63. The second kappa shape index (κ2) is 6.52. The zero-order chi connectivity index (χ0) is 17.2. The third-order valence-electron chi connectivity index (χ3n) is 3.65. The Hall–Kier alpha value is -2.93. The van der Waals surface area contributed by atoms with Crippen molar-refractivity contribution in [2.45, 2.75) is 5.03 Å². The highest BCUT2D eigenvalue weighted by atomic mass is 32.2. The summed E-state index contributed by atoms with van der Waals surface area (Å²) in [5.74, 6) is 0.386. The van der Waals surface area contributed by atoms with Gasteiger partial charge in [0.1, 0.15) is 22.3 Å². The summed E-state index contributed by atoms with van der Waals surface area (Å²) in [6.07, 6.45) is 1.68. The Morgan fingerprint density at radius 3 is 2.88 bits per heavy atom. The van der Waals surface area contributed by atoms with E-state index in [1.807, 2.05) is 24.3 Å². The molecule has 0 fully saturated rings. The van der Waals surface area contributed by atoms with Crippen LogP contribution < -0.4 is 10.2 Å². The summed E-state index contributed by atoms with van der Waals surface area (Å²) in [4.78, 5) is 8.97. The number of nitrogens with zero attached hydrogens (tertiary/aromatic N) is 3. The fourth-order valence-electron chi connectivity index (χ4n) is 2.43. The number of hydrazone groups is 1. The Morgan fingerprint density at radius 2 is 2.04 bits per heavy atom. The van der Waals surface area contributed by atoms with Crippen LogP contribution in [0.1, 0.15) is 5.56 Å². The molecule has 25 heavy (non-hydrogen) atoms. The maximum Gasteiger partial charge on any atom is 0.188 e. The number of methoxy groups -OCH3 is 1. The van der Waals surface area contributed by atoms with E-state index < -0.39 is 0 Å². The van der Waals surface area contributed by atoms with Crippen molar-refractivity contribution in [3.05, 3.63) is 59.9 Å². The van der Waals surface area contributed by atoms with Crippen molar-refractivity contribution in [3.8, 4) is 5.75 Å². The molecule has 0 unspecified atom stereocenters. The minimum Gasteiger partial charge on any atom is -0.497 e. The van der Waals surface area contributed by atoms with Crippen LogP contribution in [0.2, 0.25) is 0 Å². The van der Waals surface area contributed by atoms with E-state index in [4.69, 9.17) is 4.74 Å². The third kappa shape index (κ3) is 3.18. The fraction of sp³-hybridized carbons (Fsp3) is 0.0556. The van der Waals surface area contributed by atoms with E-state index in [2.05, 4.69) is 20.5 Å². The molecule has 2 heterocycles. The molecule has 0 radical (unpaired) electrons. The zero-order valence-corrected chi connectivity index (χ0v) is 14.0. The van der Waals surface area contributed by atoms with E-state index >= 15 is 0 Å². The Balaban J connectivity index is 1.75. The number of benzene rings is 2. The first-order valence-corrected chi connectivity index (χ1v) is 8.33. The quantitative estimate of drug-likeness (QED) is 0.754. The molecule has 0 amide bonds. The number of fused-ring (bicyclic) bond motifs is 2. The number of hydrogen-bond acceptors (Lipinski definition) is 5. The number of amidine groups is 1.